The van der Waals surface area contributed by atoms with Crippen LogP contribution in [0.5, 0.6) is 11.5 Å². The molecule has 6 heteroatoms. The Kier molecular flexibility index (Phi) is 5.64. The fourth-order valence-electron chi connectivity index (χ4n) is 4.11. The number of ether oxygens (including phenoxy) is 3. The molecule has 170 valence electrons. The van der Waals surface area contributed by atoms with Crippen molar-refractivity contribution in [2.75, 3.05) is 6.61 Å². The lowest BCUT2D eigenvalue weighted by molar-refractivity contribution is -0.147. The van der Waals surface area contributed by atoms with E-state index in [0.717, 1.165) is 27.6 Å². The number of carbonyl (C=O) groups is 2. The number of esters is 1. The van der Waals surface area contributed by atoms with Gasteiger partial charge in [0.2, 0.25) is 5.78 Å². The molecule has 0 aliphatic carbocycles. The van der Waals surface area contributed by atoms with Crippen LogP contribution in [0.25, 0.3) is 17.0 Å². The zero-order valence-corrected chi connectivity index (χ0v) is 18.9. The first-order valence-corrected chi connectivity index (χ1v) is 10.9. The first kappa shape index (κ1) is 21.5. The highest BCUT2D eigenvalue weighted by Gasteiger charge is 2.30. The molecule has 2 heterocycles. The average molecular weight is 453 g/mol. The quantitative estimate of drug-likeness (QED) is 0.296. The van der Waals surface area contributed by atoms with Gasteiger partial charge < -0.3 is 18.8 Å². The van der Waals surface area contributed by atoms with Gasteiger partial charge in [-0.2, -0.15) is 0 Å². The smallest absolute Gasteiger partial charge is 0.344 e. The largest absolute Gasteiger partial charge is 0.482 e. The number of rotatable bonds is 6. The Morgan fingerprint density at radius 3 is 2.65 bits per heavy atom. The van der Waals surface area contributed by atoms with Crippen molar-refractivity contribution in [1.82, 2.24) is 4.57 Å². The van der Waals surface area contributed by atoms with Crippen molar-refractivity contribution in [1.29, 1.82) is 0 Å². The standard InChI is InChI=1S/C28H23NO5/c1-18-12-21(32-17-26(30)33-16-19-8-4-3-5-9-19)14-24-27(18)28(31)25(34-24)13-20-15-29(2)23-11-7-6-10-22(20)23/h3-15H,16-17H2,1-2H3/b25-13-. The topological polar surface area (TPSA) is 66.8 Å². The van der Waals surface area contributed by atoms with Crippen LogP contribution < -0.4 is 9.47 Å². The second kappa shape index (κ2) is 8.90. The molecule has 4 aromatic rings. The molecule has 5 rings (SSSR count). The van der Waals surface area contributed by atoms with Crippen LogP contribution in [-0.2, 0) is 23.2 Å². The number of para-hydroxylation sites is 1. The van der Waals surface area contributed by atoms with E-state index in [9.17, 15) is 9.59 Å². The molecule has 0 N–H and O–H groups in total. The predicted octanol–water partition coefficient (Wildman–Crippen LogP) is 5.23. The highest BCUT2D eigenvalue weighted by molar-refractivity contribution is 6.16. The lowest BCUT2D eigenvalue weighted by atomic mass is 10.0. The van der Waals surface area contributed by atoms with Crippen LogP contribution in [0.3, 0.4) is 0 Å². The summed E-state index contributed by atoms with van der Waals surface area (Å²) in [4.78, 5) is 25.1. The second-order valence-electron chi connectivity index (χ2n) is 8.20. The number of benzene rings is 3. The van der Waals surface area contributed by atoms with E-state index in [1.165, 1.54) is 0 Å². The Balaban J connectivity index is 1.30. The molecule has 1 aliphatic rings. The lowest BCUT2D eigenvalue weighted by Crippen LogP contribution is -2.14. The van der Waals surface area contributed by atoms with Crippen LogP contribution in [0.1, 0.15) is 27.0 Å². The number of allylic oxidation sites excluding steroid dienone is 1. The summed E-state index contributed by atoms with van der Waals surface area (Å²) >= 11 is 0. The zero-order valence-electron chi connectivity index (χ0n) is 18.9. The van der Waals surface area contributed by atoms with Gasteiger partial charge in [-0.3, -0.25) is 4.79 Å². The first-order valence-electron chi connectivity index (χ1n) is 10.9. The van der Waals surface area contributed by atoms with Gasteiger partial charge in [-0.25, -0.2) is 4.79 Å². The summed E-state index contributed by atoms with van der Waals surface area (Å²) in [5.74, 6) is 0.468. The molecule has 3 aromatic carbocycles. The number of hydrogen-bond donors (Lipinski definition) is 0. The van der Waals surface area contributed by atoms with Crippen molar-refractivity contribution >= 4 is 28.7 Å². The zero-order chi connectivity index (χ0) is 23.7. The third-order valence-electron chi connectivity index (χ3n) is 5.76. The van der Waals surface area contributed by atoms with Gasteiger partial charge in [0.25, 0.3) is 0 Å². The van der Waals surface area contributed by atoms with Gasteiger partial charge in [-0.05, 0) is 36.3 Å². The molecule has 1 aromatic heterocycles. The molecular weight excluding hydrogens is 430 g/mol. The number of Topliss-reactive ketones (excluding diaryl/α,β-unsaturated/α-hetero) is 1. The van der Waals surface area contributed by atoms with Crippen LogP contribution in [0.2, 0.25) is 0 Å². The molecule has 0 atom stereocenters. The molecule has 0 amide bonds. The second-order valence-corrected chi connectivity index (χ2v) is 8.20. The maximum Gasteiger partial charge on any atom is 0.344 e. The maximum atomic E-state index is 13.0. The van der Waals surface area contributed by atoms with Gasteiger partial charge in [0.1, 0.15) is 18.1 Å². The summed E-state index contributed by atoms with van der Waals surface area (Å²) in [7, 11) is 1.97. The minimum Gasteiger partial charge on any atom is -0.482 e. The molecule has 1 aliphatic heterocycles. The van der Waals surface area contributed by atoms with Gasteiger partial charge in [0.15, 0.2) is 12.4 Å². The lowest BCUT2D eigenvalue weighted by Gasteiger charge is -2.09. The fraction of sp³-hybridized carbons (Fsp3) is 0.143. The first-order chi connectivity index (χ1) is 16.5. The Labute approximate surface area is 197 Å². The average Bonchev–Trinajstić information content (AvgIpc) is 3.33. The molecule has 0 bridgehead atoms. The number of carbonyl (C=O) groups excluding carboxylic acids is 2. The van der Waals surface area contributed by atoms with Crippen molar-refractivity contribution in [3.8, 4) is 11.5 Å². The van der Waals surface area contributed by atoms with Crippen LogP contribution in [0.4, 0.5) is 0 Å². The summed E-state index contributed by atoms with van der Waals surface area (Å²) in [5.41, 5.74) is 4.11. The number of nitrogens with zero attached hydrogens (tertiary/aromatic N) is 1. The maximum absolute atomic E-state index is 13.0. The molecule has 0 fully saturated rings. The Bertz CT molecular complexity index is 1430. The molecule has 34 heavy (non-hydrogen) atoms. The third-order valence-corrected chi connectivity index (χ3v) is 5.76. The van der Waals surface area contributed by atoms with Crippen LogP contribution in [0, 0.1) is 6.92 Å². The summed E-state index contributed by atoms with van der Waals surface area (Å²) in [6.07, 6.45) is 3.74. The normalized spacial score (nSPS) is 13.7. The number of hydrogen-bond acceptors (Lipinski definition) is 5. The van der Waals surface area contributed by atoms with Crippen LogP contribution in [-0.4, -0.2) is 22.9 Å². The van der Waals surface area contributed by atoms with E-state index in [1.807, 2.05) is 79.3 Å². The Hall–Kier alpha value is -4.32. The number of fused-ring (bicyclic) bond motifs is 2. The van der Waals surface area contributed by atoms with E-state index >= 15 is 0 Å². The number of aryl methyl sites for hydroxylation is 2. The van der Waals surface area contributed by atoms with E-state index in [4.69, 9.17) is 14.2 Å². The predicted molar refractivity (Wildman–Crippen MR) is 129 cm³/mol. The monoisotopic (exact) mass is 453 g/mol. The number of ketones is 1. The molecule has 0 saturated heterocycles. The van der Waals surface area contributed by atoms with E-state index in [2.05, 4.69) is 0 Å². The minimum atomic E-state index is -0.476. The summed E-state index contributed by atoms with van der Waals surface area (Å²) in [5, 5.41) is 1.04. The van der Waals surface area contributed by atoms with Crippen molar-refractivity contribution in [3.05, 3.63) is 101 Å². The van der Waals surface area contributed by atoms with Gasteiger partial charge >= 0.3 is 5.97 Å². The van der Waals surface area contributed by atoms with E-state index in [1.54, 1.807) is 18.2 Å². The van der Waals surface area contributed by atoms with E-state index in [-0.39, 0.29) is 24.8 Å². The van der Waals surface area contributed by atoms with Gasteiger partial charge in [0.05, 0.1) is 5.56 Å². The SMILES string of the molecule is Cc1cc(OCC(=O)OCc2ccccc2)cc2c1C(=O)/C(=C/c1cn(C)c3ccccc13)O2. The van der Waals surface area contributed by atoms with Gasteiger partial charge in [0, 0.05) is 35.8 Å². The molecule has 0 saturated carbocycles. The van der Waals surface area contributed by atoms with Gasteiger partial charge in [-0.15, -0.1) is 0 Å². The molecule has 0 radical (unpaired) electrons. The molecular formula is C28H23NO5. The van der Waals surface area contributed by atoms with Crippen LogP contribution in [0.15, 0.2) is 78.7 Å². The fourth-order valence-corrected chi connectivity index (χ4v) is 4.11. The molecule has 6 nitrogen and oxygen atoms in total. The van der Waals surface area contributed by atoms with E-state index < -0.39 is 5.97 Å². The highest BCUT2D eigenvalue weighted by atomic mass is 16.6. The van der Waals surface area contributed by atoms with Crippen LogP contribution >= 0.6 is 0 Å². The van der Waals surface area contributed by atoms with E-state index in [0.29, 0.717) is 17.1 Å². The summed E-state index contributed by atoms with van der Waals surface area (Å²) < 4.78 is 18.8. The Morgan fingerprint density at radius 1 is 1.06 bits per heavy atom. The molecule has 0 unspecified atom stereocenters. The van der Waals surface area contributed by atoms with Gasteiger partial charge in [-0.1, -0.05) is 48.5 Å². The highest BCUT2D eigenvalue weighted by Crippen LogP contribution is 2.38. The summed E-state index contributed by atoms with van der Waals surface area (Å²) in [6.45, 7) is 1.77. The Morgan fingerprint density at radius 2 is 1.82 bits per heavy atom. The summed E-state index contributed by atoms with van der Waals surface area (Å²) in [6, 6.07) is 20.8. The van der Waals surface area contributed by atoms with Crippen molar-refractivity contribution in [3.63, 3.8) is 0 Å². The minimum absolute atomic E-state index is 0.172. The third kappa shape index (κ3) is 4.18. The van der Waals surface area contributed by atoms with Crippen molar-refractivity contribution < 1.29 is 23.8 Å². The molecule has 0 spiro atoms. The van der Waals surface area contributed by atoms with Crippen molar-refractivity contribution in [2.45, 2.75) is 13.5 Å². The van der Waals surface area contributed by atoms with Crippen molar-refractivity contribution in [2.24, 2.45) is 7.05 Å². The number of aromatic nitrogens is 1.